The van der Waals surface area contributed by atoms with Gasteiger partial charge in [0.2, 0.25) is 5.91 Å². The zero-order valence-electron chi connectivity index (χ0n) is 16.1. The number of carbonyl (C=O) groups is 3. The Morgan fingerprint density at radius 2 is 1.83 bits per heavy atom. The number of furan rings is 1. The Balaban J connectivity index is 1.43. The van der Waals surface area contributed by atoms with Crippen LogP contribution in [0, 0.1) is 0 Å². The smallest absolute Gasteiger partial charge is 0.319 e. The monoisotopic (exact) mass is 400 g/mol. The molecule has 2 atom stereocenters. The summed E-state index contributed by atoms with van der Waals surface area (Å²) < 4.78 is 10.3. The lowest BCUT2D eigenvalue weighted by atomic mass is 10.2. The Morgan fingerprint density at radius 3 is 2.45 bits per heavy atom. The molecule has 0 aliphatic carbocycles. The maximum absolute atomic E-state index is 12.3. The number of urea groups is 1. The molecule has 9 nitrogen and oxygen atoms in total. The number of anilines is 2. The fraction of sp³-hybridized carbons (Fsp3) is 0.350. The summed E-state index contributed by atoms with van der Waals surface area (Å²) in [4.78, 5) is 36.1. The van der Waals surface area contributed by atoms with Crippen molar-refractivity contribution in [1.82, 2.24) is 10.6 Å². The highest BCUT2D eigenvalue weighted by atomic mass is 16.5. The first kappa shape index (κ1) is 20.4. The van der Waals surface area contributed by atoms with E-state index in [1.54, 1.807) is 31.2 Å². The molecule has 2 heterocycles. The zero-order valence-corrected chi connectivity index (χ0v) is 16.1. The molecule has 2 unspecified atom stereocenters. The van der Waals surface area contributed by atoms with Crippen LogP contribution in [-0.4, -0.2) is 43.1 Å². The molecule has 0 saturated carbocycles. The molecule has 4 amide bonds. The van der Waals surface area contributed by atoms with Gasteiger partial charge in [-0.25, -0.2) is 4.79 Å². The Hall–Kier alpha value is -3.33. The predicted octanol–water partition coefficient (Wildman–Crippen LogP) is 2.34. The van der Waals surface area contributed by atoms with Crippen molar-refractivity contribution in [2.45, 2.75) is 31.9 Å². The maximum Gasteiger partial charge on any atom is 0.319 e. The lowest BCUT2D eigenvalue weighted by Crippen LogP contribution is -2.41. The van der Waals surface area contributed by atoms with Gasteiger partial charge in [0.1, 0.15) is 12.3 Å². The summed E-state index contributed by atoms with van der Waals surface area (Å²) >= 11 is 0. The number of amides is 4. The molecular formula is C20H24N4O5. The highest BCUT2D eigenvalue weighted by molar-refractivity contribution is 6.01. The fourth-order valence-electron chi connectivity index (χ4n) is 2.81. The van der Waals surface area contributed by atoms with Crippen molar-refractivity contribution in [2.75, 3.05) is 23.8 Å². The Kier molecular flexibility index (Phi) is 6.85. The Morgan fingerprint density at radius 1 is 1.10 bits per heavy atom. The van der Waals surface area contributed by atoms with Gasteiger partial charge in [-0.05, 0) is 50.1 Å². The van der Waals surface area contributed by atoms with Gasteiger partial charge in [0.15, 0.2) is 0 Å². The molecule has 0 bridgehead atoms. The quantitative estimate of drug-likeness (QED) is 0.568. The summed E-state index contributed by atoms with van der Waals surface area (Å²) in [6.45, 7) is 2.80. The minimum Gasteiger partial charge on any atom is -0.472 e. The molecule has 1 aromatic heterocycles. The van der Waals surface area contributed by atoms with Gasteiger partial charge < -0.3 is 30.4 Å². The molecule has 154 valence electrons. The number of hydrogen-bond donors (Lipinski definition) is 4. The standard InChI is InChI=1S/C20H24N4O5/c1-13(22-19(26)14-8-10-28-12-14)18(25)23-15-4-6-16(7-5-15)24-20(27)21-11-17-3-2-9-29-17/h4-8,10,12-13,17H,2-3,9,11H2,1H3,(H,22,26)(H,23,25)(H2,21,24,27). The molecule has 1 aromatic carbocycles. The average Bonchev–Trinajstić information content (AvgIpc) is 3.42. The van der Waals surface area contributed by atoms with Crippen molar-refractivity contribution in [2.24, 2.45) is 0 Å². The minimum atomic E-state index is -0.737. The number of benzene rings is 1. The highest BCUT2D eigenvalue weighted by Crippen LogP contribution is 2.14. The van der Waals surface area contributed by atoms with Crippen LogP contribution in [0.3, 0.4) is 0 Å². The largest absolute Gasteiger partial charge is 0.472 e. The van der Waals surface area contributed by atoms with Crippen molar-refractivity contribution in [3.05, 3.63) is 48.4 Å². The van der Waals surface area contributed by atoms with Gasteiger partial charge >= 0.3 is 6.03 Å². The summed E-state index contributed by atoms with van der Waals surface area (Å²) in [5.74, 6) is -0.758. The van der Waals surface area contributed by atoms with Crippen LogP contribution in [0.2, 0.25) is 0 Å². The maximum atomic E-state index is 12.3. The molecule has 29 heavy (non-hydrogen) atoms. The van der Waals surface area contributed by atoms with Crippen molar-refractivity contribution in [1.29, 1.82) is 0 Å². The first-order valence-corrected chi connectivity index (χ1v) is 9.41. The highest BCUT2D eigenvalue weighted by Gasteiger charge is 2.18. The zero-order chi connectivity index (χ0) is 20.6. The van der Waals surface area contributed by atoms with Gasteiger partial charge in [-0.15, -0.1) is 0 Å². The fourth-order valence-corrected chi connectivity index (χ4v) is 2.81. The van der Waals surface area contributed by atoms with Crippen LogP contribution < -0.4 is 21.3 Å². The molecular weight excluding hydrogens is 376 g/mol. The van der Waals surface area contributed by atoms with E-state index < -0.39 is 11.9 Å². The molecule has 2 aromatic rings. The molecule has 1 saturated heterocycles. The van der Waals surface area contributed by atoms with E-state index in [1.165, 1.54) is 18.6 Å². The van der Waals surface area contributed by atoms with Crippen molar-refractivity contribution in [3.63, 3.8) is 0 Å². The molecule has 1 aliphatic heterocycles. The molecule has 9 heteroatoms. The third-order valence-electron chi connectivity index (χ3n) is 4.45. The van der Waals surface area contributed by atoms with E-state index in [-0.39, 0.29) is 18.0 Å². The summed E-state index contributed by atoms with van der Waals surface area (Å²) in [7, 11) is 0. The second-order valence-electron chi connectivity index (χ2n) is 6.74. The van der Waals surface area contributed by atoms with Crippen LogP contribution in [-0.2, 0) is 9.53 Å². The van der Waals surface area contributed by atoms with Gasteiger partial charge in [0.05, 0.1) is 17.9 Å². The second-order valence-corrected chi connectivity index (χ2v) is 6.74. The molecule has 1 aliphatic rings. The number of hydrogen-bond acceptors (Lipinski definition) is 5. The molecule has 0 spiro atoms. The third-order valence-corrected chi connectivity index (χ3v) is 4.45. The Bertz CT molecular complexity index is 829. The van der Waals surface area contributed by atoms with E-state index in [1.807, 2.05) is 0 Å². The SMILES string of the molecule is CC(NC(=O)c1ccoc1)C(=O)Nc1ccc(NC(=O)NCC2CCCO2)cc1. The minimum absolute atomic E-state index is 0.0781. The van der Waals surface area contributed by atoms with Gasteiger partial charge in [-0.2, -0.15) is 0 Å². The van der Waals surface area contributed by atoms with Crippen molar-refractivity contribution < 1.29 is 23.5 Å². The van der Waals surface area contributed by atoms with Gasteiger partial charge in [-0.3, -0.25) is 9.59 Å². The van der Waals surface area contributed by atoms with Gasteiger partial charge in [0.25, 0.3) is 5.91 Å². The number of rotatable bonds is 7. The van der Waals surface area contributed by atoms with E-state index in [2.05, 4.69) is 21.3 Å². The lowest BCUT2D eigenvalue weighted by molar-refractivity contribution is -0.117. The van der Waals surface area contributed by atoms with E-state index in [0.717, 1.165) is 19.4 Å². The predicted molar refractivity (Wildman–Crippen MR) is 107 cm³/mol. The lowest BCUT2D eigenvalue weighted by Gasteiger charge is -2.14. The first-order valence-electron chi connectivity index (χ1n) is 9.41. The van der Waals surface area contributed by atoms with Crippen LogP contribution in [0.1, 0.15) is 30.1 Å². The van der Waals surface area contributed by atoms with Gasteiger partial charge in [0, 0.05) is 24.5 Å². The topological polar surface area (TPSA) is 122 Å². The number of ether oxygens (including phenoxy) is 1. The average molecular weight is 400 g/mol. The molecule has 0 radical (unpaired) electrons. The third kappa shape index (κ3) is 6.08. The summed E-state index contributed by atoms with van der Waals surface area (Å²) in [6, 6.07) is 7.15. The molecule has 1 fully saturated rings. The second kappa shape index (κ2) is 9.74. The molecule has 3 rings (SSSR count). The first-order chi connectivity index (χ1) is 14.0. The van der Waals surface area contributed by atoms with Crippen LogP contribution in [0.5, 0.6) is 0 Å². The van der Waals surface area contributed by atoms with Crippen LogP contribution >= 0.6 is 0 Å². The van der Waals surface area contributed by atoms with Crippen LogP contribution in [0.15, 0.2) is 47.3 Å². The van der Waals surface area contributed by atoms with Crippen LogP contribution in [0.25, 0.3) is 0 Å². The van der Waals surface area contributed by atoms with E-state index >= 15 is 0 Å². The number of carbonyl (C=O) groups excluding carboxylic acids is 3. The van der Waals surface area contributed by atoms with E-state index in [9.17, 15) is 14.4 Å². The number of nitrogens with one attached hydrogen (secondary N) is 4. The summed E-state index contributed by atoms with van der Waals surface area (Å²) in [5, 5.41) is 10.8. The summed E-state index contributed by atoms with van der Waals surface area (Å²) in [5.41, 5.74) is 1.48. The van der Waals surface area contributed by atoms with E-state index in [4.69, 9.17) is 9.15 Å². The van der Waals surface area contributed by atoms with E-state index in [0.29, 0.717) is 23.5 Å². The summed E-state index contributed by atoms with van der Waals surface area (Å²) in [6.07, 6.45) is 4.75. The van der Waals surface area contributed by atoms with Crippen molar-refractivity contribution >= 4 is 29.2 Å². The Labute approximate surface area is 168 Å². The molecule has 4 N–H and O–H groups in total. The van der Waals surface area contributed by atoms with Crippen molar-refractivity contribution in [3.8, 4) is 0 Å². The van der Waals surface area contributed by atoms with Gasteiger partial charge in [-0.1, -0.05) is 0 Å². The normalized spacial score (nSPS) is 16.7. The van der Waals surface area contributed by atoms with Crippen LogP contribution in [0.4, 0.5) is 16.2 Å².